The van der Waals surface area contributed by atoms with E-state index in [2.05, 4.69) is 46.9 Å². The van der Waals surface area contributed by atoms with Gasteiger partial charge in [-0.1, -0.05) is 30.1 Å². The number of benzene rings is 1. The number of halogens is 2. The second-order valence-electron chi connectivity index (χ2n) is 8.26. The Morgan fingerprint density at radius 2 is 2.03 bits per heavy atom. The minimum absolute atomic E-state index is 0.334. The van der Waals surface area contributed by atoms with Gasteiger partial charge in [0.15, 0.2) is 5.11 Å². The highest BCUT2D eigenvalue weighted by molar-refractivity contribution is 7.80. The van der Waals surface area contributed by atoms with E-state index in [4.69, 9.17) is 35.4 Å². The summed E-state index contributed by atoms with van der Waals surface area (Å²) < 4.78 is 0. The Labute approximate surface area is 188 Å². The first-order valence-corrected chi connectivity index (χ1v) is 11.9. The number of hydrogen-bond donors (Lipinski definition) is 2. The van der Waals surface area contributed by atoms with Gasteiger partial charge >= 0.3 is 0 Å². The van der Waals surface area contributed by atoms with Crippen LogP contribution in [0.1, 0.15) is 50.7 Å². The lowest BCUT2D eigenvalue weighted by atomic mass is 9.73. The van der Waals surface area contributed by atoms with Crippen LogP contribution < -0.4 is 5.32 Å². The first-order valence-electron chi connectivity index (χ1n) is 10.8. The average molecular weight is 453 g/mol. The number of likely N-dealkylation sites (tertiary alicyclic amines) is 1. The smallest absolute Gasteiger partial charge is 0.169 e. The Morgan fingerprint density at radius 3 is 2.72 bits per heavy atom. The molecule has 1 unspecified atom stereocenters. The Hall–Kier alpha value is -1.01. The summed E-state index contributed by atoms with van der Waals surface area (Å²) in [5.74, 6) is 0.424. The lowest BCUT2D eigenvalue weighted by Crippen LogP contribution is -2.57. The third kappa shape index (κ3) is 3.87. The molecule has 1 aromatic heterocycles. The molecule has 29 heavy (non-hydrogen) atoms. The SMILES string of the molecule is CCCN1C[C@@H](NC(=S)N(CC)CC)CC2c3cc(Cl)cc4[nH]c(Cl)c(c34)C[C@H]21. The number of nitrogens with one attached hydrogen (secondary N) is 2. The number of piperidine rings is 1. The number of hydrogen-bond acceptors (Lipinski definition) is 2. The zero-order valence-electron chi connectivity index (χ0n) is 17.4. The van der Waals surface area contributed by atoms with Gasteiger partial charge in [0.25, 0.3) is 0 Å². The molecule has 2 N–H and O–H groups in total. The number of rotatable bonds is 5. The summed E-state index contributed by atoms with van der Waals surface area (Å²) in [6.45, 7) is 10.5. The largest absolute Gasteiger partial charge is 0.359 e. The van der Waals surface area contributed by atoms with Crippen LogP contribution in [0.25, 0.3) is 10.9 Å². The molecule has 2 heterocycles. The summed E-state index contributed by atoms with van der Waals surface area (Å²) in [7, 11) is 0. The van der Waals surface area contributed by atoms with E-state index in [0.29, 0.717) is 18.0 Å². The van der Waals surface area contributed by atoms with Gasteiger partial charge in [0.1, 0.15) is 5.15 Å². The maximum absolute atomic E-state index is 6.59. The van der Waals surface area contributed by atoms with Gasteiger partial charge in [-0.25, -0.2) is 0 Å². The molecule has 0 radical (unpaired) electrons. The molecule has 1 aromatic carbocycles. The van der Waals surface area contributed by atoms with Crippen molar-refractivity contribution in [3.8, 4) is 0 Å². The molecular formula is C22H30Cl2N4S. The van der Waals surface area contributed by atoms with Crippen LogP contribution in [0.5, 0.6) is 0 Å². The highest BCUT2D eigenvalue weighted by Crippen LogP contribution is 2.46. The maximum Gasteiger partial charge on any atom is 0.169 e. The van der Waals surface area contributed by atoms with Crippen LogP contribution in [-0.2, 0) is 6.42 Å². The molecule has 4 rings (SSSR count). The normalized spacial score (nSPS) is 23.8. The van der Waals surface area contributed by atoms with Gasteiger partial charge in [0, 0.05) is 53.6 Å². The van der Waals surface area contributed by atoms with E-state index in [0.717, 1.165) is 66.2 Å². The molecule has 3 atom stereocenters. The quantitative estimate of drug-likeness (QED) is 0.612. The third-order valence-electron chi connectivity index (χ3n) is 6.57. The van der Waals surface area contributed by atoms with Crippen molar-refractivity contribution < 1.29 is 0 Å². The van der Waals surface area contributed by atoms with Gasteiger partial charge in [-0.2, -0.15) is 0 Å². The van der Waals surface area contributed by atoms with Crippen molar-refractivity contribution in [1.82, 2.24) is 20.1 Å². The summed E-state index contributed by atoms with van der Waals surface area (Å²) >= 11 is 18.8. The van der Waals surface area contributed by atoms with E-state index in [1.165, 1.54) is 16.5 Å². The van der Waals surface area contributed by atoms with E-state index in [1.54, 1.807) is 0 Å². The van der Waals surface area contributed by atoms with Crippen LogP contribution in [-0.4, -0.2) is 58.2 Å². The fraction of sp³-hybridized carbons (Fsp3) is 0.591. The number of nitrogens with zero attached hydrogens (tertiary/aromatic N) is 2. The maximum atomic E-state index is 6.59. The number of aromatic nitrogens is 1. The van der Waals surface area contributed by atoms with E-state index < -0.39 is 0 Å². The fourth-order valence-corrected chi connectivity index (χ4v) is 6.23. The molecule has 1 aliphatic carbocycles. The van der Waals surface area contributed by atoms with Crippen LogP contribution >= 0.6 is 35.4 Å². The van der Waals surface area contributed by atoms with E-state index in [-0.39, 0.29) is 0 Å². The number of thiocarbonyl (C=S) groups is 1. The van der Waals surface area contributed by atoms with E-state index in [9.17, 15) is 0 Å². The van der Waals surface area contributed by atoms with Gasteiger partial charge in [0.2, 0.25) is 0 Å². The average Bonchev–Trinajstić information content (AvgIpc) is 2.99. The molecule has 7 heteroatoms. The Bertz CT molecular complexity index is 908. The molecule has 1 aliphatic heterocycles. The fourth-order valence-electron chi connectivity index (χ4n) is 5.30. The number of fused-ring (bicyclic) bond motifs is 2. The van der Waals surface area contributed by atoms with Crippen molar-refractivity contribution in [3.05, 3.63) is 33.4 Å². The Kier molecular flexibility index (Phi) is 6.31. The summed E-state index contributed by atoms with van der Waals surface area (Å²) in [6.07, 6.45) is 3.18. The lowest BCUT2D eigenvalue weighted by molar-refractivity contribution is 0.104. The molecule has 2 aliphatic rings. The summed E-state index contributed by atoms with van der Waals surface area (Å²) in [5.41, 5.74) is 3.64. The molecule has 0 bridgehead atoms. The minimum Gasteiger partial charge on any atom is -0.359 e. The zero-order valence-corrected chi connectivity index (χ0v) is 19.7. The van der Waals surface area contributed by atoms with Crippen molar-refractivity contribution in [2.75, 3.05) is 26.2 Å². The second-order valence-corrected chi connectivity index (χ2v) is 9.46. The zero-order chi connectivity index (χ0) is 20.7. The molecule has 0 spiro atoms. The lowest BCUT2D eigenvalue weighted by Gasteiger charge is -2.47. The van der Waals surface area contributed by atoms with Crippen molar-refractivity contribution in [2.24, 2.45) is 0 Å². The predicted octanol–water partition coefficient (Wildman–Crippen LogP) is 5.18. The molecule has 0 saturated carbocycles. The van der Waals surface area contributed by atoms with Crippen LogP contribution in [0.3, 0.4) is 0 Å². The van der Waals surface area contributed by atoms with Gasteiger partial charge < -0.3 is 15.2 Å². The van der Waals surface area contributed by atoms with Crippen molar-refractivity contribution in [3.63, 3.8) is 0 Å². The molecular weight excluding hydrogens is 423 g/mol. The number of aromatic amines is 1. The third-order valence-corrected chi connectivity index (χ3v) is 7.49. The summed E-state index contributed by atoms with van der Waals surface area (Å²) in [5, 5.41) is 7.35. The first-order chi connectivity index (χ1) is 14.0. The van der Waals surface area contributed by atoms with Crippen LogP contribution in [0.15, 0.2) is 12.1 Å². The minimum atomic E-state index is 0.334. The molecule has 0 amide bonds. The predicted molar refractivity (Wildman–Crippen MR) is 127 cm³/mol. The molecule has 1 saturated heterocycles. The van der Waals surface area contributed by atoms with Gasteiger partial charge in [0.05, 0.1) is 0 Å². The van der Waals surface area contributed by atoms with Crippen molar-refractivity contribution in [2.45, 2.75) is 58.0 Å². The molecule has 158 valence electrons. The summed E-state index contributed by atoms with van der Waals surface area (Å²) in [6, 6.07) is 4.94. The first kappa shape index (κ1) is 21.2. The van der Waals surface area contributed by atoms with Gasteiger partial charge in [-0.05, 0) is 75.1 Å². The van der Waals surface area contributed by atoms with E-state index in [1.807, 2.05) is 6.07 Å². The van der Waals surface area contributed by atoms with Crippen molar-refractivity contribution >= 4 is 51.4 Å². The standard InChI is InChI=1S/C22H30Cl2N4S/c1-4-7-28-12-14(25-22(29)27(5-2)6-3)10-15-16-8-13(23)9-18-20(16)17(11-19(15)28)21(24)26-18/h8-9,14-15,19,26H,4-7,10-12H2,1-3H3,(H,25,29)/t14-,15?,19+/m0/s1. The molecule has 2 aromatic rings. The van der Waals surface area contributed by atoms with Gasteiger partial charge in [-0.3, -0.25) is 4.90 Å². The molecule has 4 nitrogen and oxygen atoms in total. The van der Waals surface area contributed by atoms with Gasteiger partial charge in [-0.15, -0.1) is 0 Å². The topological polar surface area (TPSA) is 34.3 Å². The number of H-pyrrole nitrogens is 1. The molecule has 1 fully saturated rings. The van der Waals surface area contributed by atoms with Crippen LogP contribution in [0, 0.1) is 0 Å². The monoisotopic (exact) mass is 452 g/mol. The Balaban J connectivity index is 1.69. The highest BCUT2D eigenvalue weighted by atomic mass is 35.5. The van der Waals surface area contributed by atoms with E-state index >= 15 is 0 Å². The van der Waals surface area contributed by atoms with Crippen molar-refractivity contribution in [1.29, 1.82) is 0 Å². The Morgan fingerprint density at radius 1 is 1.28 bits per heavy atom. The van der Waals surface area contributed by atoms with Crippen LogP contribution in [0.4, 0.5) is 0 Å². The van der Waals surface area contributed by atoms with Crippen LogP contribution in [0.2, 0.25) is 10.2 Å². The highest BCUT2D eigenvalue weighted by Gasteiger charge is 2.41. The second kappa shape index (κ2) is 8.62. The summed E-state index contributed by atoms with van der Waals surface area (Å²) in [4.78, 5) is 8.20.